The summed E-state index contributed by atoms with van der Waals surface area (Å²) in [5.41, 5.74) is 4.94. The van der Waals surface area contributed by atoms with Gasteiger partial charge < -0.3 is 0 Å². The lowest BCUT2D eigenvalue weighted by Gasteiger charge is -2.04. The van der Waals surface area contributed by atoms with Gasteiger partial charge in [-0.2, -0.15) is 0 Å². The van der Waals surface area contributed by atoms with E-state index >= 15 is 0 Å². The summed E-state index contributed by atoms with van der Waals surface area (Å²) in [6.07, 6.45) is 8.32. The van der Waals surface area contributed by atoms with Crippen molar-refractivity contribution >= 4 is 18.7 Å². The molecule has 0 radical (unpaired) electrons. The van der Waals surface area contributed by atoms with Gasteiger partial charge in [0, 0.05) is 0 Å². The van der Waals surface area contributed by atoms with E-state index in [-0.39, 0.29) is 0 Å². The van der Waals surface area contributed by atoms with Crippen molar-refractivity contribution in [3.63, 3.8) is 0 Å². The fourth-order valence-corrected chi connectivity index (χ4v) is 1.72. The van der Waals surface area contributed by atoms with Gasteiger partial charge in [0.05, 0.1) is 0 Å². The van der Waals surface area contributed by atoms with Crippen LogP contribution in [0.15, 0.2) is 42.0 Å². The Labute approximate surface area is 110 Å². The fraction of sp³-hybridized carbons (Fsp3) is 0.222. The lowest BCUT2D eigenvalue weighted by molar-refractivity contribution is 1.36. The minimum absolute atomic E-state index is 1.06. The lowest BCUT2D eigenvalue weighted by atomic mass is 10.0. The molecule has 0 amide bonds. The van der Waals surface area contributed by atoms with Crippen molar-refractivity contribution in [2.45, 2.75) is 27.7 Å². The maximum atomic E-state index is 4.12. The summed E-state index contributed by atoms with van der Waals surface area (Å²) >= 11 is 0. The third kappa shape index (κ3) is 3.59. The van der Waals surface area contributed by atoms with Crippen molar-refractivity contribution < 1.29 is 0 Å². The van der Waals surface area contributed by atoms with Gasteiger partial charge in [-0.15, -0.1) is 0 Å². The molecule has 0 heterocycles. The molecule has 1 aromatic rings. The number of benzene rings is 1. The Morgan fingerprint density at radius 1 is 1.17 bits per heavy atom. The zero-order chi connectivity index (χ0) is 13.7. The van der Waals surface area contributed by atoms with E-state index in [4.69, 9.17) is 0 Å². The zero-order valence-corrected chi connectivity index (χ0v) is 11.9. The summed E-state index contributed by atoms with van der Waals surface area (Å²) in [4.78, 5) is 0. The Kier molecular flexibility index (Phi) is 4.91. The summed E-state index contributed by atoms with van der Waals surface area (Å²) in [7, 11) is 0. The Balaban J connectivity index is 3.64. The molecule has 0 bridgehead atoms. The molecule has 0 aliphatic carbocycles. The molecule has 0 N–H and O–H groups in total. The molecule has 0 aliphatic rings. The van der Waals surface area contributed by atoms with Crippen LogP contribution in [-0.4, -0.2) is 0 Å². The van der Waals surface area contributed by atoms with E-state index in [1.165, 1.54) is 21.9 Å². The van der Waals surface area contributed by atoms with Crippen LogP contribution in [0.5, 0.6) is 0 Å². The van der Waals surface area contributed by atoms with Crippen molar-refractivity contribution in [1.29, 1.82) is 0 Å². The molecule has 0 spiro atoms. The van der Waals surface area contributed by atoms with E-state index in [1.54, 1.807) is 0 Å². The van der Waals surface area contributed by atoms with Crippen LogP contribution in [0.3, 0.4) is 0 Å². The molecule has 1 rings (SSSR count). The van der Waals surface area contributed by atoms with E-state index in [0.717, 1.165) is 10.8 Å². The topological polar surface area (TPSA) is 0 Å². The average Bonchev–Trinajstić information content (AvgIpc) is 2.32. The van der Waals surface area contributed by atoms with E-state index in [1.807, 2.05) is 6.08 Å². The summed E-state index contributed by atoms with van der Waals surface area (Å²) < 4.78 is 0. The smallest absolute Gasteiger partial charge is 0.0115 e. The number of aryl methyl sites for hydroxylation is 1. The van der Waals surface area contributed by atoms with Crippen molar-refractivity contribution in [3.05, 3.63) is 63.6 Å². The SMILES string of the molecule is C=C/C(C)=C\c1c(C)ccc(=C)/c1=C\C=C(C)C. The van der Waals surface area contributed by atoms with Crippen LogP contribution < -0.4 is 10.4 Å². The summed E-state index contributed by atoms with van der Waals surface area (Å²) in [6, 6.07) is 4.19. The van der Waals surface area contributed by atoms with Gasteiger partial charge >= 0.3 is 0 Å². The molecular formula is C18H22. The predicted octanol–water partition coefficient (Wildman–Crippen LogP) is 3.74. The van der Waals surface area contributed by atoms with Crippen LogP contribution in [-0.2, 0) is 0 Å². The lowest BCUT2D eigenvalue weighted by Crippen LogP contribution is -2.26. The Bertz CT molecular complexity index is 606. The van der Waals surface area contributed by atoms with Crippen LogP contribution in [0, 0.1) is 6.92 Å². The highest BCUT2D eigenvalue weighted by Gasteiger charge is 1.98. The molecular weight excluding hydrogens is 216 g/mol. The molecule has 0 nitrogen and oxygen atoms in total. The molecule has 94 valence electrons. The third-order valence-corrected chi connectivity index (χ3v) is 2.87. The van der Waals surface area contributed by atoms with Crippen molar-refractivity contribution in [1.82, 2.24) is 0 Å². The molecule has 0 unspecified atom stereocenters. The Morgan fingerprint density at radius 3 is 2.39 bits per heavy atom. The number of hydrogen-bond donors (Lipinski definition) is 0. The van der Waals surface area contributed by atoms with Gasteiger partial charge in [-0.25, -0.2) is 0 Å². The van der Waals surface area contributed by atoms with Gasteiger partial charge in [-0.3, -0.25) is 0 Å². The number of hydrogen-bond acceptors (Lipinski definition) is 0. The van der Waals surface area contributed by atoms with Gasteiger partial charge in [0.2, 0.25) is 0 Å². The third-order valence-electron chi connectivity index (χ3n) is 2.87. The maximum absolute atomic E-state index is 4.12. The molecule has 0 atom stereocenters. The van der Waals surface area contributed by atoms with Gasteiger partial charge in [0.25, 0.3) is 0 Å². The van der Waals surface area contributed by atoms with Crippen LogP contribution >= 0.6 is 0 Å². The first-order valence-electron chi connectivity index (χ1n) is 6.20. The maximum Gasteiger partial charge on any atom is -0.0115 e. The zero-order valence-electron chi connectivity index (χ0n) is 11.9. The second-order valence-electron chi connectivity index (χ2n) is 4.87. The van der Waals surface area contributed by atoms with Gasteiger partial charge in [-0.05, 0) is 49.3 Å². The normalized spacial score (nSPS) is 12.4. The minimum Gasteiger partial charge on any atom is -0.0988 e. The van der Waals surface area contributed by atoms with Crippen molar-refractivity contribution in [2.24, 2.45) is 0 Å². The summed E-state index contributed by atoms with van der Waals surface area (Å²) in [5, 5.41) is 2.25. The first-order chi connectivity index (χ1) is 8.45. The number of rotatable bonds is 3. The molecule has 0 saturated carbocycles. The number of allylic oxidation sites excluding steroid dienone is 4. The fourth-order valence-electron chi connectivity index (χ4n) is 1.72. The summed E-state index contributed by atoms with van der Waals surface area (Å²) in [6.45, 7) is 16.3. The molecule has 18 heavy (non-hydrogen) atoms. The molecule has 0 aliphatic heterocycles. The standard InChI is InChI=1S/C18H22/c1-7-14(4)12-18-16(6)10-9-15(5)17(18)11-8-13(2)3/h7-12H,1,5H2,2-4,6H3/b14-12-,17-11+. The van der Waals surface area contributed by atoms with E-state index in [9.17, 15) is 0 Å². The van der Waals surface area contributed by atoms with Gasteiger partial charge in [0.1, 0.15) is 0 Å². The van der Waals surface area contributed by atoms with E-state index < -0.39 is 0 Å². The van der Waals surface area contributed by atoms with Gasteiger partial charge in [0.15, 0.2) is 0 Å². The molecule has 0 aromatic heterocycles. The average molecular weight is 238 g/mol. The molecule has 1 aromatic carbocycles. The van der Waals surface area contributed by atoms with E-state index in [0.29, 0.717) is 0 Å². The van der Waals surface area contributed by atoms with Crippen molar-refractivity contribution in [2.75, 3.05) is 0 Å². The second kappa shape index (κ2) is 6.20. The van der Waals surface area contributed by atoms with Crippen LogP contribution in [0.25, 0.3) is 18.7 Å². The van der Waals surface area contributed by atoms with Crippen molar-refractivity contribution in [3.8, 4) is 0 Å². The second-order valence-corrected chi connectivity index (χ2v) is 4.87. The Hall–Kier alpha value is -1.82. The first-order valence-corrected chi connectivity index (χ1v) is 6.20. The minimum atomic E-state index is 1.06. The predicted molar refractivity (Wildman–Crippen MR) is 83.7 cm³/mol. The quantitative estimate of drug-likeness (QED) is 0.704. The monoisotopic (exact) mass is 238 g/mol. The molecule has 0 heteroatoms. The highest BCUT2D eigenvalue weighted by molar-refractivity contribution is 5.61. The first kappa shape index (κ1) is 14.2. The highest BCUT2D eigenvalue weighted by Crippen LogP contribution is 2.07. The van der Waals surface area contributed by atoms with Crippen LogP contribution in [0.2, 0.25) is 0 Å². The van der Waals surface area contributed by atoms with Crippen LogP contribution in [0.1, 0.15) is 31.9 Å². The molecule has 0 saturated heterocycles. The van der Waals surface area contributed by atoms with Gasteiger partial charge in [-0.1, -0.05) is 60.7 Å². The summed E-state index contributed by atoms with van der Waals surface area (Å²) in [5.74, 6) is 0. The highest BCUT2D eigenvalue weighted by atomic mass is 14.0. The van der Waals surface area contributed by atoms with Crippen LogP contribution in [0.4, 0.5) is 0 Å². The largest absolute Gasteiger partial charge is 0.0988 e. The Morgan fingerprint density at radius 2 is 1.83 bits per heavy atom. The molecule has 0 fully saturated rings. The van der Waals surface area contributed by atoms with E-state index in [2.05, 4.69) is 71.2 Å².